The van der Waals surface area contributed by atoms with Crippen LogP contribution in [0.5, 0.6) is 0 Å². The third kappa shape index (κ3) is 4.16. The molecule has 1 aromatic rings. The molecule has 134 valence electrons. The van der Waals surface area contributed by atoms with E-state index in [9.17, 15) is 4.79 Å². The van der Waals surface area contributed by atoms with Crippen molar-refractivity contribution < 1.29 is 4.79 Å². The first-order valence-corrected chi connectivity index (χ1v) is 9.34. The lowest BCUT2D eigenvalue weighted by atomic mass is 9.89. The maximum Gasteiger partial charge on any atom is 0.244 e. The van der Waals surface area contributed by atoms with Crippen molar-refractivity contribution in [1.82, 2.24) is 24.9 Å². The normalized spacial score (nSPS) is 21.8. The number of aryl methyl sites for hydroxylation is 1. The van der Waals surface area contributed by atoms with Crippen LogP contribution >= 0.6 is 0 Å². The van der Waals surface area contributed by atoms with E-state index < -0.39 is 0 Å². The molecule has 1 atom stereocenters. The number of hydrogen-bond donors (Lipinski definition) is 1. The molecule has 1 saturated carbocycles. The zero-order valence-corrected chi connectivity index (χ0v) is 15.1. The number of hydrogen-bond acceptors (Lipinski definition) is 4. The molecule has 1 amide bonds. The van der Waals surface area contributed by atoms with Crippen molar-refractivity contribution in [2.45, 2.75) is 38.1 Å². The zero-order valence-electron chi connectivity index (χ0n) is 15.1. The van der Waals surface area contributed by atoms with Crippen molar-refractivity contribution in [2.75, 3.05) is 39.8 Å². The van der Waals surface area contributed by atoms with Gasteiger partial charge in [-0.3, -0.25) is 14.4 Å². The van der Waals surface area contributed by atoms with E-state index in [2.05, 4.69) is 15.3 Å². The van der Waals surface area contributed by atoms with E-state index in [0.29, 0.717) is 0 Å². The van der Waals surface area contributed by atoms with Crippen LogP contribution in [-0.2, 0) is 11.8 Å². The second-order valence-electron chi connectivity index (χ2n) is 7.30. The van der Waals surface area contributed by atoms with Gasteiger partial charge in [-0.15, -0.1) is 0 Å². The van der Waals surface area contributed by atoms with Crippen LogP contribution in [-0.4, -0.2) is 65.3 Å². The highest BCUT2D eigenvalue weighted by molar-refractivity contribution is 5.83. The zero-order chi connectivity index (χ0) is 16.9. The van der Waals surface area contributed by atoms with Crippen molar-refractivity contribution in [3.8, 4) is 0 Å². The summed E-state index contributed by atoms with van der Waals surface area (Å²) in [6, 6.07) is -0.288. The van der Waals surface area contributed by atoms with Crippen LogP contribution < -0.4 is 5.32 Å². The van der Waals surface area contributed by atoms with Crippen LogP contribution in [0, 0.1) is 5.92 Å². The molecule has 0 spiro atoms. The van der Waals surface area contributed by atoms with E-state index >= 15 is 0 Å². The summed E-state index contributed by atoms with van der Waals surface area (Å²) in [4.78, 5) is 17.4. The molecular formula is C18H31N5O. The Labute approximate surface area is 145 Å². The van der Waals surface area contributed by atoms with E-state index in [4.69, 9.17) is 0 Å². The summed E-state index contributed by atoms with van der Waals surface area (Å²) in [5.41, 5.74) is 0.939. The summed E-state index contributed by atoms with van der Waals surface area (Å²) in [6.07, 6.45) is 10.7. The van der Waals surface area contributed by atoms with Gasteiger partial charge in [-0.05, 0) is 25.8 Å². The van der Waals surface area contributed by atoms with Crippen molar-refractivity contribution >= 4 is 5.91 Å². The molecule has 2 fully saturated rings. The number of nitrogens with one attached hydrogen (secondary N) is 1. The number of carbonyl (C=O) groups is 1. The quantitative estimate of drug-likeness (QED) is 0.885. The Morgan fingerprint density at radius 2 is 1.96 bits per heavy atom. The first-order valence-electron chi connectivity index (χ1n) is 9.34. The first kappa shape index (κ1) is 17.4. The van der Waals surface area contributed by atoms with E-state index in [1.54, 1.807) is 10.9 Å². The highest BCUT2D eigenvalue weighted by atomic mass is 16.2. The number of piperazine rings is 1. The molecule has 1 aliphatic carbocycles. The van der Waals surface area contributed by atoms with Gasteiger partial charge in [0.2, 0.25) is 5.91 Å². The first-order chi connectivity index (χ1) is 11.7. The Bertz CT molecular complexity index is 529. The number of amides is 1. The van der Waals surface area contributed by atoms with Gasteiger partial charge in [0.1, 0.15) is 6.04 Å². The van der Waals surface area contributed by atoms with Crippen molar-refractivity contribution in [3.05, 3.63) is 18.0 Å². The lowest BCUT2D eigenvalue weighted by molar-refractivity contribution is -0.135. The third-order valence-corrected chi connectivity index (χ3v) is 5.52. The fraction of sp³-hybridized carbons (Fsp3) is 0.778. The largest absolute Gasteiger partial charge is 0.338 e. The number of carbonyl (C=O) groups excluding carboxylic acids is 1. The Kier molecular flexibility index (Phi) is 5.89. The molecule has 3 rings (SSSR count). The molecule has 1 saturated heterocycles. The molecule has 6 nitrogen and oxygen atoms in total. The van der Waals surface area contributed by atoms with Crippen LogP contribution in [0.15, 0.2) is 12.4 Å². The summed E-state index contributed by atoms with van der Waals surface area (Å²) in [6.45, 7) is 4.91. The minimum absolute atomic E-state index is 0.169. The van der Waals surface area contributed by atoms with Crippen LogP contribution in [0.4, 0.5) is 0 Å². The molecule has 6 heteroatoms. The van der Waals surface area contributed by atoms with Gasteiger partial charge in [-0.2, -0.15) is 5.10 Å². The van der Waals surface area contributed by atoms with Crippen molar-refractivity contribution in [3.63, 3.8) is 0 Å². The Balaban J connectivity index is 1.50. The highest BCUT2D eigenvalue weighted by Crippen LogP contribution is 2.25. The second-order valence-corrected chi connectivity index (χ2v) is 7.30. The molecule has 2 aliphatic rings. The summed E-state index contributed by atoms with van der Waals surface area (Å²) in [7, 11) is 3.72. The standard InChI is InChI=1S/C18H31N5O/c1-19-17(16-12-20-21(2)14-16)18(24)23-10-8-22(9-11-23)13-15-6-4-3-5-7-15/h12,14-15,17,19H,3-11,13H2,1-2H3. The molecule has 24 heavy (non-hydrogen) atoms. The second kappa shape index (κ2) is 8.12. The summed E-state index contributed by atoms with van der Waals surface area (Å²) in [5.74, 6) is 1.05. The molecule has 0 aromatic carbocycles. The molecule has 2 heterocycles. The van der Waals surface area contributed by atoms with E-state index in [0.717, 1.165) is 37.7 Å². The fourth-order valence-electron chi connectivity index (χ4n) is 4.09. The lowest BCUT2D eigenvalue weighted by Crippen LogP contribution is -2.52. The monoisotopic (exact) mass is 333 g/mol. The minimum Gasteiger partial charge on any atom is -0.338 e. The van der Waals surface area contributed by atoms with Gasteiger partial charge in [-0.1, -0.05) is 19.3 Å². The maximum atomic E-state index is 12.8. The molecule has 1 aliphatic heterocycles. The number of rotatable bonds is 5. The van der Waals surface area contributed by atoms with Crippen LogP contribution in [0.25, 0.3) is 0 Å². The molecule has 1 unspecified atom stereocenters. The van der Waals surface area contributed by atoms with Gasteiger partial charge in [-0.25, -0.2) is 0 Å². The fourth-order valence-corrected chi connectivity index (χ4v) is 4.09. The van der Waals surface area contributed by atoms with Gasteiger partial charge in [0.15, 0.2) is 0 Å². The number of likely N-dealkylation sites (N-methyl/N-ethyl adjacent to an activating group) is 1. The van der Waals surface area contributed by atoms with Gasteiger partial charge in [0.25, 0.3) is 0 Å². The SMILES string of the molecule is CNC(C(=O)N1CCN(CC2CCCCC2)CC1)c1cnn(C)c1. The predicted molar refractivity (Wildman–Crippen MR) is 94.6 cm³/mol. The van der Waals surface area contributed by atoms with Crippen molar-refractivity contribution in [2.24, 2.45) is 13.0 Å². The molecule has 1 N–H and O–H groups in total. The summed E-state index contributed by atoms with van der Waals surface area (Å²) >= 11 is 0. The topological polar surface area (TPSA) is 53.4 Å². The third-order valence-electron chi connectivity index (χ3n) is 5.52. The molecule has 0 bridgehead atoms. The summed E-state index contributed by atoms with van der Waals surface area (Å²) in [5, 5.41) is 7.34. The van der Waals surface area contributed by atoms with Gasteiger partial charge >= 0.3 is 0 Å². The molecular weight excluding hydrogens is 302 g/mol. The van der Waals surface area contributed by atoms with Gasteiger partial charge < -0.3 is 10.2 Å². The maximum absolute atomic E-state index is 12.8. The Morgan fingerprint density at radius 3 is 2.54 bits per heavy atom. The minimum atomic E-state index is -0.288. The highest BCUT2D eigenvalue weighted by Gasteiger charge is 2.29. The molecule has 0 radical (unpaired) electrons. The predicted octanol–water partition coefficient (Wildman–Crippen LogP) is 1.41. The Hall–Kier alpha value is -1.40. The van der Waals surface area contributed by atoms with Gasteiger partial charge in [0.05, 0.1) is 6.20 Å². The number of nitrogens with zero attached hydrogens (tertiary/aromatic N) is 4. The summed E-state index contributed by atoms with van der Waals surface area (Å²) < 4.78 is 1.75. The van der Waals surface area contributed by atoms with Crippen LogP contribution in [0.1, 0.15) is 43.7 Å². The lowest BCUT2D eigenvalue weighted by Gasteiger charge is -2.38. The van der Waals surface area contributed by atoms with Gasteiger partial charge in [0, 0.05) is 51.5 Å². The average Bonchev–Trinajstić information content (AvgIpc) is 3.03. The number of aromatic nitrogens is 2. The average molecular weight is 333 g/mol. The Morgan fingerprint density at radius 1 is 1.25 bits per heavy atom. The van der Waals surface area contributed by atoms with Crippen LogP contribution in [0.2, 0.25) is 0 Å². The van der Waals surface area contributed by atoms with Crippen molar-refractivity contribution in [1.29, 1.82) is 0 Å². The van der Waals surface area contributed by atoms with Crippen LogP contribution in [0.3, 0.4) is 0 Å². The van der Waals surface area contributed by atoms with E-state index in [1.807, 2.05) is 25.2 Å². The molecule has 1 aromatic heterocycles. The van der Waals surface area contributed by atoms with E-state index in [1.165, 1.54) is 38.6 Å². The van der Waals surface area contributed by atoms with E-state index in [-0.39, 0.29) is 11.9 Å². The smallest absolute Gasteiger partial charge is 0.244 e.